The van der Waals surface area contributed by atoms with E-state index in [1.165, 1.54) is 0 Å². The van der Waals surface area contributed by atoms with Gasteiger partial charge in [0.15, 0.2) is 6.10 Å². The van der Waals surface area contributed by atoms with Crippen molar-refractivity contribution in [2.24, 2.45) is 0 Å². The molecule has 0 bridgehead atoms. The zero-order valence-corrected chi connectivity index (χ0v) is 14.5. The molecule has 1 N–H and O–H groups in total. The SMILES string of the molecule is CC[C@H](Oc1cccc(OC)c1)C(=O)N[C@H](CC)c1ccccc1. The molecule has 0 saturated carbocycles. The number of ether oxygens (including phenoxy) is 2. The third-order valence-corrected chi connectivity index (χ3v) is 3.91. The Morgan fingerprint density at radius 1 is 1.00 bits per heavy atom. The van der Waals surface area contributed by atoms with Crippen molar-refractivity contribution in [2.75, 3.05) is 7.11 Å². The van der Waals surface area contributed by atoms with Gasteiger partial charge in [-0.1, -0.05) is 50.2 Å². The van der Waals surface area contributed by atoms with E-state index in [0.29, 0.717) is 17.9 Å². The van der Waals surface area contributed by atoms with E-state index >= 15 is 0 Å². The van der Waals surface area contributed by atoms with E-state index in [4.69, 9.17) is 9.47 Å². The minimum absolute atomic E-state index is 0.0124. The Balaban J connectivity index is 2.04. The molecule has 4 heteroatoms. The van der Waals surface area contributed by atoms with E-state index in [1.54, 1.807) is 13.2 Å². The molecule has 0 unspecified atom stereocenters. The Hall–Kier alpha value is -2.49. The highest BCUT2D eigenvalue weighted by Crippen LogP contribution is 2.21. The van der Waals surface area contributed by atoms with Gasteiger partial charge in [-0.15, -0.1) is 0 Å². The normalized spacial score (nSPS) is 13.0. The van der Waals surface area contributed by atoms with Crippen molar-refractivity contribution in [1.29, 1.82) is 0 Å². The summed E-state index contributed by atoms with van der Waals surface area (Å²) in [6.07, 6.45) is 0.884. The maximum atomic E-state index is 12.6. The second-order valence-corrected chi connectivity index (χ2v) is 5.57. The maximum absolute atomic E-state index is 12.6. The summed E-state index contributed by atoms with van der Waals surface area (Å²) in [7, 11) is 1.61. The molecule has 0 saturated heterocycles. The minimum atomic E-state index is -0.533. The van der Waals surface area contributed by atoms with Crippen LogP contribution in [-0.2, 0) is 4.79 Å². The maximum Gasteiger partial charge on any atom is 0.261 e. The molecule has 0 fully saturated rings. The molecule has 4 nitrogen and oxygen atoms in total. The first-order valence-electron chi connectivity index (χ1n) is 8.34. The van der Waals surface area contributed by atoms with Crippen LogP contribution < -0.4 is 14.8 Å². The molecule has 0 spiro atoms. The van der Waals surface area contributed by atoms with Gasteiger partial charge in [-0.2, -0.15) is 0 Å². The fraction of sp³-hybridized carbons (Fsp3) is 0.350. The van der Waals surface area contributed by atoms with E-state index in [9.17, 15) is 4.79 Å². The van der Waals surface area contributed by atoms with Gasteiger partial charge in [0.25, 0.3) is 5.91 Å². The van der Waals surface area contributed by atoms with E-state index in [1.807, 2.05) is 55.5 Å². The molecule has 0 heterocycles. The number of amides is 1. The van der Waals surface area contributed by atoms with Crippen molar-refractivity contribution in [3.8, 4) is 11.5 Å². The van der Waals surface area contributed by atoms with Gasteiger partial charge in [0, 0.05) is 6.07 Å². The summed E-state index contributed by atoms with van der Waals surface area (Å²) in [5.74, 6) is 1.23. The van der Waals surface area contributed by atoms with Crippen LogP contribution in [0.4, 0.5) is 0 Å². The van der Waals surface area contributed by atoms with Crippen LogP contribution in [-0.4, -0.2) is 19.1 Å². The van der Waals surface area contributed by atoms with Crippen molar-refractivity contribution in [1.82, 2.24) is 5.32 Å². The quantitative estimate of drug-likeness (QED) is 0.793. The lowest BCUT2D eigenvalue weighted by Gasteiger charge is -2.22. The van der Waals surface area contributed by atoms with Crippen molar-refractivity contribution in [3.63, 3.8) is 0 Å². The third-order valence-electron chi connectivity index (χ3n) is 3.91. The Labute approximate surface area is 143 Å². The van der Waals surface area contributed by atoms with Gasteiger partial charge >= 0.3 is 0 Å². The van der Waals surface area contributed by atoms with Crippen LogP contribution in [0, 0.1) is 0 Å². The smallest absolute Gasteiger partial charge is 0.261 e. The summed E-state index contributed by atoms with van der Waals surface area (Å²) in [5.41, 5.74) is 1.10. The molecule has 2 atom stereocenters. The molecule has 2 aromatic rings. The number of hydrogen-bond donors (Lipinski definition) is 1. The summed E-state index contributed by atoms with van der Waals surface area (Å²) in [5, 5.41) is 3.09. The number of nitrogens with one attached hydrogen (secondary N) is 1. The predicted octanol–water partition coefficient (Wildman–Crippen LogP) is 4.12. The fourth-order valence-electron chi connectivity index (χ4n) is 2.53. The molecule has 1 amide bonds. The molecule has 0 aliphatic heterocycles. The lowest BCUT2D eigenvalue weighted by atomic mass is 10.0. The number of carbonyl (C=O) groups excluding carboxylic acids is 1. The van der Waals surface area contributed by atoms with Gasteiger partial charge in [-0.25, -0.2) is 0 Å². The number of benzene rings is 2. The van der Waals surface area contributed by atoms with Crippen LogP contribution in [0.3, 0.4) is 0 Å². The van der Waals surface area contributed by atoms with Crippen LogP contribution in [0.1, 0.15) is 38.3 Å². The average Bonchev–Trinajstić information content (AvgIpc) is 2.64. The first-order valence-corrected chi connectivity index (χ1v) is 8.34. The summed E-state index contributed by atoms with van der Waals surface area (Å²) in [6, 6.07) is 17.3. The zero-order chi connectivity index (χ0) is 17.4. The average molecular weight is 327 g/mol. The minimum Gasteiger partial charge on any atom is -0.497 e. The number of hydrogen-bond acceptors (Lipinski definition) is 3. The van der Waals surface area contributed by atoms with E-state index in [-0.39, 0.29) is 11.9 Å². The first kappa shape index (κ1) is 17.9. The number of carbonyl (C=O) groups is 1. The standard InChI is InChI=1S/C20H25NO3/c1-4-18(15-10-7-6-8-11-15)21-20(22)19(5-2)24-17-13-9-12-16(14-17)23-3/h6-14,18-19H,4-5H2,1-3H3,(H,21,22)/t18-,19+/m1/s1. The Bertz CT molecular complexity index is 642. The van der Waals surface area contributed by atoms with Crippen molar-refractivity contribution in [2.45, 2.75) is 38.8 Å². The summed E-state index contributed by atoms with van der Waals surface area (Å²) in [6.45, 7) is 4.00. The van der Waals surface area contributed by atoms with Gasteiger partial charge in [0.1, 0.15) is 11.5 Å². The monoisotopic (exact) mass is 327 g/mol. The van der Waals surface area contributed by atoms with Crippen LogP contribution >= 0.6 is 0 Å². The Morgan fingerprint density at radius 2 is 1.71 bits per heavy atom. The fourth-order valence-corrected chi connectivity index (χ4v) is 2.53. The molecule has 24 heavy (non-hydrogen) atoms. The van der Waals surface area contributed by atoms with E-state index in [0.717, 1.165) is 12.0 Å². The molecule has 2 rings (SSSR count). The Kier molecular flexibility index (Phi) is 6.67. The highest BCUT2D eigenvalue weighted by atomic mass is 16.5. The summed E-state index contributed by atoms with van der Waals surface area (Å²) in [4.78, 5) is 12.6. The number of methoxy groups -OCH3 is 1. The molecule has 128 valence electrons. The summed E-state index contributed by atoms with van der Waals surface area (Å²) < 4.78 is 11.0. The van der Waals surface area contributed by atoms with Gasteiger partial charge in [0.05, 0.1) is 13.2 Å². The second-order valence-electron chi connectivity index (χ2n) is 5.57. The van der Waals surface area contributed by atoms with Gasteiger partial charge in [-0.3, -0.25) is 4.79 Å². The molecule has 0 aliphatic rings. The molecule has 0 aromatic heterocycles. The highest BCUT2D eigenvalue weighted by Gasteiger charge is 2.22. The lowest BCUT2D eigenvalue weighted by Crippen LogP contribution is -2.39. The van der Waals surface area contributed by atoms with Crippen LogP contribution in [0.2, 0.25) is 0 Å². The zero-order valence-electron chi connectivity index (χ0n) is 14.5. The topological polar surface area (TPSA) is 47.6 Å². The molecule has 0 aliphatic carbocycles. The molecule has 2 aromatic carbocycles. The first-order chi connectivity index (χ1) is 11.7. The lowest BCUT2D eigenvalue weighted by molar-refractivity contribution is -0.128. The van der Waals surface area contributed by atoms with Crippen LogP contribution in [0.5, 0.6) is 11.5 Å². The Morgan fingerprint density at radius 3 is 2.33 bits per heavy atom. The van der Waals surface area contributed by atoms with Gasteiger partial charge < -0.3 is 14.8 Å². The van der Waals surface area contributed by atoms with Crippen LogP contribution in [0.25, 0.3) is 0 Å². The van der Waals surface area contributed by atoms with Gasteiger partial charge in [-0.05, 0) is 30.5 Å². The van der Waals surface area contributed by atoms with E-state index < -0.39 is 6.10 Å². The third kappa shape index (κ3) is 4.75. The highest BCUT2D eigenvalue weighted by molar-refractivity contribution is 5.81. The van der Waals surface area contributed by atoms with Crippen molar-refractivity contribution >= 4 is 5.91 Å². The largest absolute Gasteiger partial charge is 0.497 e. The predicted molar refractivity (Wildman–Crippen MR) is 95.3 cm³/mol. The molecular weight excluding hydrogens is 302 g/mol. The second kappa shape index (κ2) is 8.96. The summed E-state index contributed by atoms with van der Waals surface area (Å²) >= 11 is 0. The molecule has 0 radical (unpaired) electrons. The van der Waals surface area contributed by atoms with Crippen LogP contribution in [0.15, 0.2) is 54.6 Å². The number of rotatable bonds is 8. The van der Waals surface area contributed by atoms with Crippen molar-refractivity contribution < 1.29 is 14.3 Å². The molecular formula is C20H25NO3. The van der Waals surface area contributed by atoms with Gasteiger partial charge in [0.2, 0.25) is 0 Å². The van der Waals surface area contributed by atoms with E-state index in [2.05, 4.69) is 12.2 Å². The van der Waals surface area contributed by atoms with Crippen molar-refractivity contribution in [3.05, 3.63) is 60.2 Å².